The van der Waals surface area contributed by atoms with Crippen molar-refractivity contribution in [1.29, 1.82) is 0 Å². The van der Waals surface area contributed by atoms with Crippen LogP contribution < -0.4 is 10.6 Å². The highest BCUT2D eigenvalue weighted by molar-refractivity contribution is 5.98. The Balaban J connectivity index is 1.87. The van der Waals surface area contributed by atoms with E-state index < -0.39 is 5.97 Å². The Hall–Kier alpha value is -2.37. The summed E-state index contributed by atoms with van der Waals surface area (Å²) in [6.45, 7) is 2.01. The van der Waals surface area contributed by atoms with E-state index in [1.807, 2.05) is 6.92 Å². The van der Waals surface area contributed by atoms with Gasteiger partial charge in [-0.25, -0.2) is 0 Å². The third-order valence-electron chi connectivity index (χ3n) is 3.58. The van der Waals surface area contributed by atoms with Crippen LogP contribution in [0.5, 0.6) is 0 Å². The maximum Gasteiger partial charge on any atom is 0.305 e. The molecule has 1 aliphatic carbocycles. The molecular formula is C15H18N2O4. The van der Waals surface area contributed by atoms with Crippen molar-refractivity contribution in [3.05, 3.63) is 29.8 Å². The normalized spacial score (nSPS) is 15.1. The third kappa shape index (κ3) is 4.05. The van der Waals surface area contributed by atoms with Gasteiger partial charge in [-0.15, -0.1) is 0 Å². The fourth-order valence-electron chi connectivity index (χ4n) is 1.79. The van der Waals surface area contributed by atoms with Crippen LogP contribution in [0.2, 0.25) is 0 Å². The maximum absolute atomic E-state index is 11.9. The van der Waals surface area contributed by atoms with Gasteiger partial charge >= 0.3 is 5.97 Å². The molecule has 0 saturated heterocycles. The number of hydrogen-bond donors (Lipinski definition) is 3. The molecule has 2 amide bonds. The lowest BCUT2D eigenvalue weighted by Crippen LogP contribution is -2.26. The van der Waals surface area contributed by atoms with Gasteiger partial charge in [-0.1, -0.05) is 6.92 Å². The second kappa shape index (κ2) is 5.95. The minimum absolute atomic E-state index is 0.00107. The number of nitrogens with one attached hydrogen (secondary N) is 2. The van der Waals surface area contributed by atoms with Gasteiger partial charge in [-0.3, -0.25) is 14.4 Å². The van der Waals surface area contributed by atoms with Crippen LogP contribution in [0.15, 0.2) is 24.3 Å². The minimum Gasteiger partial charge on any atom is -0.481 e. The summed E-state index contributed by atoms with van der Waals surface area (Å²) in [5.74, 6) is -1.29. The van der Waals surface area contributed by atoms with Crippen molar-refractivity contribution in [2.24, 2.45) is 5.41 Å². The van der Waals surface area contributed by atoms with Gasteiger partial charge in [0, 0.05) is 23.2 Å². The molecule has 0 spiro atoms. The van der Waals surface area contributed by atoms with Gasteiger partial charge in [0.05, 0.1) is 6.42 Å². The Bertz CT molecular complexity index is 562. The van der Waals surface area contributed by atoms with Gasteiger partial charge < -0.3 is 15.7 Å². The molecule has 1 aliphatic rings. The molecular weight excluding hydrogens is 272 g/mol. The number of carbonyl (C=O) groups is 3. The highest BCUT2D eigenvalue weighted by Gasteiger charge is 2.44. The molecule has 1 aromatic carbocycles. The molecule has 0 bridgehead atoms. The minimum atomic E-state index is -0.957. The van der Waals surface area contributed by atoms with Crippen LogP contribution in [0.1, 0.15) is 36.5 Å². The quantitative estimate of drug-likeness (QED) is 0.742. The van der Waals surface area contributed by atoms with Gasteiger partial charge in [-0.2, -0.15) is 0 Å². The number of carboxylic acid groups (broad SMARTS) is 1. The predicted octanol–water partition coefficient (Wildman–Crippen LogP) is 1.63. The van der Waals surface area contributed by atoms with E-state index in [2.05, 4.69) is 10.6 Å². The Kier molecular flexibility index (Phi) is 4.26. The van der Waals surface area contributed by atoms with E-state index in [9.17, 15) is 14.4 Å². The first-order valence-corrected chi connectivity index (χ1v) is 6.82. The topological polar surface area (TPSA) is 95.5 Å². The molecule has 0 aliphatic heterocycles. The molecule has 112 valence electrons. The van der Waals surface area contributed by atoms with E-state index >= 15 is 0 Å². The molecule has 6 nitrogen and oxygen atoms in total. The van der Waals surface area contributed by atoms with E-state index in [4.69, 9.17) is 5.11 Å². The van der Waals surface area contributed by atoms with Gasteiger partial charge in [0.25, 0.3) is 5.91 Å². The molecule has 0 atom stereocenters. The lowest BCUT2D eigenvalue weighted by molar-refractivity contribution is -0.136. The molecule has 0 aromatic heterocycles. The van der Waals surface area contributed by atoms with Crippen LogP contribution >= 0.6 is 0 Å². The van der Waals surface area contributed by atoms with Crippen molar-refractivity contribution in [2.45, 2.75) is 26.2 Å². The van der Waals surface area contributed by atoms with Crippen molar-refractivity contribution >= 4 is 23.5 Å². The fraction of sp³-hybridized carbons (Fsp3) is 0.400. The largest absolute Gasteiger partial charge is 0.481 e. The van der Waals surface area contributed by atoms with Crippen molar-refractivity contribution in [3.63, 3.8) is 0 Å². The molecule has 3 N–H and O–H groups in total. The number of benzene rings is 1. The summed E-state index contributed by atoms with van der Waals surface area (Å²) < 4.78 is 0. The smallest absolute Gasteiger partial charge is 0.305 e. The van der Waals surface area contributed by atoms with E-state index in [1.165, 1.54) is 0 Å². The van der Waals surface area contributed by atoms with E-state index in [1.54, 1.807) is 24.3 Å². The summed E-state index contributed by atoms with van der Waals surface area (Å²) in [6, 6.07) is 6.52. The first-order chi connectivity index (χ1) is 9.90. The number of hydrogen-bond acceptors (Lipinski definition) is 3. The monoisotopic (exact) mass is 290 g/mol. The number of aliphatic carboxylic acids is 1. The predicted molar refractivity (Wildman–Crippen MR) is 77.0 cm³/mol. The SMILES string of the molecule is CC1(C(=O)Nc2ccc(C(=O)NCCC(=O)O)cc2)CC1. The zero-order valence-corrected chi connectivity index (χ0v) is 11.8. The summed E-state index contributed by atoms with van der Waals surface area (Å²) in [5, 5.41) is 13.8. The number of anilines is 1. The van der Waals surface area contributed by atoms with Crippen molar-refractivity contribution in [1.82, 2.24) is 5.32 Å². The van der Waals surface area contributed by atoms with Crippen LogP contribution in [0.3, 0.4) is 0 Å². The van der Waals surface area contributed by atoms with E-state index in [0.717, 1.165) is 12.8 Å². The molecule has 1 saturated carbocycles. The van der Waals surface area contributed by atoms with Gasteiger partial charge in [0.2, 0.25) is 5.91 Å². The molecule has 0 heterocycles. The molecule has 0 radical (unpaired) electrons. The molecule has 1 fully saturated rings. The highest BCUT2D eigenvalue weighted by Crippen LogP contribution is 2.45. The van der Waals surface area contributed by atoms with Crippen LogP contribution in [0.25, 0.3) is 0 Å². The lowest BCUT2D eigenvalue weighted by atomic mass is 10.1. The molecule has 6 heteroatoms. The molecule has 1 aromatic rings. The first kappa shape index (κ1) is 15.0. The number of amides is 2. The number of carbonyl (C=O) groups excluding carboxylic acids is 2. The Labute approximate surface area is 122 Å². The van der Waals surface area contributed by atoms with Gasteiger partial charge in [0.15, 0.2) is 0 Å². The Morgan fingerprint density at radius 3 is 2.33 bits per heavy atom. The summed E-state index contributed by atoms with van der Waals surface area (Å²) in [7, 11) is 0. The maximum atomic E-state index is 11.9. The first-order valence-electron chi connectivity index (χ1n) is 6.82. The van der Waals surface area contributed by atoms with Crippen LogP contribution in [0.4, 0.5) is 5.69 Å². The molecule has 0 unspecified atom stereocenters. The average Bonchev–Trinajstić information content (AvgIpc) is 3.18. The van der Waals surface area contributed by atoms with Crippen molar-refractivity contribution < 1.29 is 19.5 Å². The van der Waals surface area contributed by atoms with Crippen LogP contribution in [-0.2, 0) is 9.59 Å². The summed E-state index contributed by atoms with van der Waals surface area (Å²) >= 11 is 0. The van der Waals surface area contributed by atoms with Crippen molar-refractivity contribution in [3.8, 4) is 0 Å². The molecule has 2 rings (SSSR count). The standard InChI is InChI=1S/C15H18N2O4/c1-15(7-8-15)14(21)17-11-4-2-10(3-5-11)13(20)16-9-6-12(18)19/h2-5H,6-9H2,1H3,(H,16,20)(H,17,21)(H,18,19). The zero-order valence-electron chi connectivity index (χ0n) is 11.8. The summed E-state index contributed by atoms with van der Waals surface area (Å²) in [6.07, 6.45) is 1.70. The average molecular weight is 290 g/mol. The zero-order chi connectivity index (χ0) is 15.5. The number of carboxylic acids is 1. The number of rotatable bonds is 6. The molecule has 21 heavy (non-hydrogen) atoms. The lowest BCUT2D eigenvalue weighted by Gasteiger charge is -2.10. The summed E-state index contributed by atoms with van der Waals surface area (Å²) in [5.41, 5.74) is 0.832. The third-order valence-corrected chi connectivity index (χ3v) is 3.58. The Morgan fingerprint density at radius 2 is 1.81 bits per heavy atom. The Morgan fingerprint density at radius 1 is 1.19 bits per heavy atom. The van der Waals surface area contributed by atoms with Gasteiger partial charge in [-0.05, 0) is 37.1 Å². The van der Waals surface area contributed by atoms with Crippen molar-refractivity contribution in [2.75, 3.05) is 11.9 Å². The van der Waals surface area contributed by atoms with E-state index in [-0.39, 0.29) is 30.2 Å². The van der Waals surface area contributed by atoms with Gasteiger partial charge in [0.1, 0.15) is 0 Å². The summed E-state index contributed by atoms with van der Waals surface area (Å²) in [4.78, 5) is 34.0. The van der Waals surface area contributed by atoms with Crippen LogP contribution in [-0.4, -0.2) is 29.4 Å². The fourth-order valence-corrected chi connectivity index (χ4v) is 1.79. The van der Waals surface area contributed by atoms with E-state index in [0.29, 0.717) is 11.3 Å². The highest BCUT2D eigenvalue weighted by atomic mass is 16.4. The second-order valence-corrected chi connectivity index (χ2v) is 5.49. The second-order valence-electron chi connectivity index (χ2n) is 5.49. The van der Waals surface area contributed by atoms with Crippen LogP contribution in [0, 0.1) is 5.41 Å².